The molecule has 1 atom stereocenters. The lowest BCUT2D eigenvalue weighted by Gasteiger charge is -2.39. The van der Waals surface area contributed by atoms with Crippen LogP contribution in [0, 0.1) is 5.92 Å². The summed E-state index contributed by atoms with van der Waals surface area (Å²) >= 11 is 0. The third-order valence-electron chi connectivity index (χ3n) is 7.89. The van der Waals surface area contributed by atoms with Gasteiger partial charge in [-0.15, -0.1) is 0 Å². The van der Waals surface area contributed by atoms with E-state index in [1.165, 1.54) is 35.4 Å². The normalized spacial score (nSPS) is 18.4. The topological polar surface area (TPSA) is 96.0 Å². The summed E-state index contributed by atoms with van der Waals surface area (Å²) in [5.74, 6) is 0.292. The Morgan fingerprint density at radius 3 is 2.30 bits per heavy atom. The van der Waals surface area contributed by atoms with Gasteiger partial charge in [-0.1, -0.05) is 13.0 Å². The maximum atomic E-state index is 12.8. The van der Waals surface area contributed by atoms with Crippen LogP contribution in [0.1, 0.15) is 68.4 Å². The van der Waals surface area contributed by atoms with Gasteiger partial charge in [-0.25, -0.2) is 13.2 Å². The number of ether oxygens (including phenoxy) is 1. The fourth-order valence-electron chi connectivity index (χ4n) is 5.68. The summed E-state index contributed by atoms with van der Waals surface area (Å²) < 4.78 is 29.0. The van der Waals surface area contributed by atoms with Gasteiger partial charge in [0, 0.05) is 43.2 Å². The van der Waals surface area contributed by atoms with E-state index in [0.717, 1.165) is 70.2 Å². The van der Waals surface area contributed by atoms with Crippen LogP contribution in [0.4, 0.5) is 10.5 Å². The largest absolute Gasteiger partial charge is 0.444 e. The van der Waals surface area contributed by atoms with Gasteiger partial charge in [-0.05, 0) is 113 Å². The van der Waals surface area contributed by atoms with E-state index in [-0.39, 0.29) is 16.9 Å². The summed E-state index contributed by atoms with van der Waals surface area (Å²) in [6.45, 7) is 11.4. The van der Waals surface area contributed by atoms with Crippen LogP contribution in [0.15, 0.2) is 47.4 Å². The summed E-state index contributed by atoms with van der Waals surface area (Å²) in [5.41, 5.74) is 3.28. The van der Waals surface area contributed by atoms with Crippen LogP contribution in [-0.4, -0.2) is 74.3 Å². The molecule has 1 aliphatic heterocycles. The first-order valence-electron chi connectivity index (χ1n) is 14.3. The third-order valence-corrected chi connectivity index (χ3v) is 9.02. The predicted octanol–water partition coefficient (Wildman–Crippen LogP) is 5.17. The van der Waals surface area contributed by atoms with E-state index in [2.05, 4.69) is 29.3 Å². The van der Waals surface area contributed by atoms with E-state index in [4.69, 9.17) is 4.74 Å². The first-order chi connectivity index (χ1) is 18.8. The number of carbonyl (C=O) groups excluding carboxylic acids is 2. The second kappa shape index (κ2) is 12.3. The molecule has 1 fully saturated rings. The number of likely N-dealkylation sites (tertiary alicyclic amines) is 1. The standard InChI is InChI=1S/C31H43N3O5S/c1-6-33(21-22-15-17-34(18-16-22)30(36)39-31(2,3)4)27-12-8-23-7-11-26(19-25(23)20-27)32-29(35)24-9-13-28(14-10-24)40(5,37)38/h7,9-11,13-14,19,22,27H,6,8,12,15-18,20-21H2,1-5H3,(H,32,35). The van der Waals surface area contributed by atoms with E-state index in [1.54, 1.807) is 0 Å². The van der Waals surface area contributed by atoms with E-state index < -0.39 is 15.4 Å². The lowest BCUT2D eigenvalue weighted by Crippen LogP contribution is -2.46. The predicted molar refractivity (Wildman–Crippen MR) is 158 cm³/mol. The highest BCUT2D eigenvalue weighted by molar-refractivity contribution is 7.90. The van der Waals surface area contributed by atoms with Crippen molar-refractivity contribution in [3.63, 3.8) is 0 Å². The maximum absolute atomic E-state index is 12.8. The van der Waals surface area contributed by atoms with Crippen LogP contribution < -0.4 is 5.32 Å². The smallest absolute Gasteiger partial charge is 0.410 e. The number of hydrogen-bond donors (Lipinski definition) is 1. The molecule has 1 unspecified atom stereocenters. The fourth-order valence-corrected chi connectivity index (χ4v) is 6.31. The average molecular weight is 570 g/mol. The van der Waals surface area contributed by atoms with Crippen molar-refractivity contribution in [3.8, 4) is 0 Å². The number of amides is 2. The van der Waals surface area contributed by atoms with Crippen molar-refractivity contribution < 1.29 is 22.7 Å². The SMILES string of the molecule is CCN(CC1CCN(C(=O)OC(C)(C)C)CC1)C1CCc2ccc(NC(=O)c3ccc(S(C)(=O)=O)cc3)cc2C1. The van der Waals surface area contributed by atoms with Crippen molar-refractivity contribution in [3.05, 3.63) is 59.2 Å². The highest BCUT2D eigenvalue weighted by atomic mass is 32.2. The number of anilines is 1. The highest BCUT2D eigenvalue weighted by Crippen LogP contribution is 2.29. The molecular formula is C31H43N3O5S. The number of likely N-dealkylation sites (N-methyl/N-ethyl adjacent to an activating group) is 1. The molecule has 2 aliphatic rings. The number of nitrogens with one attached hydrogen (secondary N) is 1. The summed E-state index contributed by atoms with van der Waals surface area (Å²) in [5, 5.41) is 2.97. The van der Waals surface area contributed by atoms with Crippen LogP contribution in [0.5, 0.6) is 0 Å². The van der Waals surface area contributed by atoms with E-state index in [1.807, 2.05) is 31.7 Å². The van der Waals surface area contributed by atoms with Crippen LogP contribution in [0.25, 0.3) is 0 Å². The monoisotopic (exact) mass is 569 g/mol. The Labute approximate surface area is 239 Å². The molecule has 1 aliphatic carbocycles. The summed E-state index contributed by atoms with van der Waals surface area (Å²) in [6.07, 6.45) is 5.96. The second-order valence-electron chi connectivity index (χ2n) is 12.1. The number of benzene rings is 2. The molecule has 4 rings (SSSR count). The van der Waals surface area contributed by atoms with Crippen molar-refractivity contribution in [1.29, 1.82) is 0 Å². The minimum atomic E-state index is -3.31. The van der Waals surface area contributed by atoms with Crippen LogP contribution in [0.2, 0.25) is 0 Å². The van der Waals surface area contributed by atoms with E-state index in [0.29, 0.717) is 17.5 Å². The van der Waals surface area contributed by atoms with Crippen LogP contribution >= 0.6 is 0 Å². The molecule has 40 heavy (non-hydrogen) atoms. The lowest BCUT2D eigenvalue weighted by atomic mass is 9.86. The van der Waals surface area contributed by atoms with Gasteiger partial charge in [0.15, 0.2) is 9.84 Å². The third kappa shape index (κ3) is 7.85. The van der Waals surface area contributed by atoms with E-state index in [9.17, 15) is 18.0 Å². The highest BCUT2D eigenvalue weighted by Gasteiger charge is 2.30. The fraction of sp³-hybridized carbons (Fsp3) is 0.548. The zero-order valence-corrected chi connectivity index (χ0v) is 25.2. The Hall–Kier alpha value is -2.91. The molecule has 0 aromatic heterocycles. The number of nitrogens with zero attached hydrogens (tertiary/aromatic N) is 2. The van der Waals surface area contributed by atoms with Gasteiger partial charge >= 0.3 is 6.09 Å². The Kier molecular flexibility index (Phi) is 9.25. The van der Waals surface area contributed by atoms with Gasteiger partial charge in [0.2, 0.25) is 0 Å². The Balaban J connectivity index is 1.34. The van der Waals surface area contributed by atoms with Gasteiger partial charge < -0.3 is 19.9 Å². The number of aryl methyl sites for hydroxylation is 1. The molecule has 0 spiro atoms. The molecule has 1 N–H and O–H groups in total. The minimum absolute atomic E-state index is 0.193. The molecule has 0 bridgehead atoms. The van der Waals surface area contributed by atoms with Gasteiger partial charge in [0.25, 0.3) is 5.91 Å². The number of sulfone groups is 1. The van der Waals surface area contributed by atoms with Crippen molar-refractivity contribution in [2.75, 3.05) is 37.8 Å². The number of hydrogen-bond acceptors (Lipinski definition) is 6. The molecule has 8 nitrogen and oxygen atoms in total. The second-order valence-corrected chi connectivity index (χ2v) is 14.1. The average Bonchev–Trinajstić information content (AvgIpc) is 2.90. The molecular weight excluding hydrogens is 526 g/mol. The van der Waals surface area contributed by atoms with Crippen molar-refractivity contribution in [2.45, 2.75) is 76.3 Å². The van der Waals surface area contributed by atoms with Crippen LogP contribution in [-0.2, 0) is 27.4 Å². The molecule has 2 amide bonds. The molecule has 2 aromatic rings. The summed E-state index contributed by atoms with van der Waals surface area (Å²) in [6, 6.07) is 12.6. The number of rotatable bonds is 7. The lowest BCUT2D eigenvalue weighted by molar-refractivity contribution is 0.0161. The van der Waals surface area contributed by atoms with Gasteiger partial charge in [0.05, 0.1) is 4.90 Å². The number of carbonyl (C=O) groups is 2. The van der Waals surface area contributed by atoms with Crippen LogP contribution in [0.3, 0.4) is 0 Å². The summed E-state index contributed by atoms with van der Waals surface area (Å²) in [7, 11) is -3.31. The molecule has 0 radical (unpaired) electrons. The molecule has 1 saturated heterocycles. The molecule has 218 valence electrons. The summed E-state index contributed by atoms with van der Waals surface area (Å²) in [4.78, 5) is 29.9. The number of fused-ring (bicyclic) bond motifs is 1. The molecule has 2 aromatic carbocycles. The van der Waals surface area contributed by atoms with Gasteiger partial charge in [-0.3, -0.25) is 4.79 Å². The molecule has 9 heteroatoms. The molecule has 0 saturated carbocycles. The molecule has 1 heterocycles. The first kappa shape index (κ1) is 30.1. The first-order valence-corrected chi connectivity index (χ1v) is 16.2. The van der Waals surface area contributed by atoms with E-state index >= 15 is 0 Å². The van der Waals surface area contributed by atoms with Gasteiger partial charge in [0.1, 0.15) is 5.60 Å². The van der Waals surface area contributed by atoms with Crippen molar-refractivity contribution in [1.82, 2.24) is 9.80 Å². The minimum Gasteiger partial charge on any atom is -0.444 e. The Morgan fingerprint density at radius 1 is 1.02 bits per heavy atom. The zero-order chi connectivity index (χ0) is 29.1. The Bertz CT molecular complexity index is 1310. The van der Waals surface area contributed by atoms with Crippen molar-refractivity contribution >= 4 is 27.5 Å². The van der Waals surface area contributed by atoms with Gasteiger partial charge in [-0.2, -0.15) is 0 Å². The Morgan fingerprint density at radius 2 is 1.70 bits per heavy atom. The zero-order valence-electron chi connectivity index (χ0n) is 24.4. The maximum Gasteiger partial charge on any atom is 0.410 e. The number of piperidine rings is 1. The van der Waals surface area contributed by atoms with Crippen molar-refractivity contribution in [2.24, 2.45) is 5.92 Å². The quantitative estimate of drug-likeness (QED) is 0.494.